The first kappa shape index (κ1) is 26.6. The monoisotopic (exact) mass is 478 g/mol. The largest absolute Gasteiger partial charge is 0.494 e. The van der Waals surface area contributed by atoms with Crippen molar-refractivity contribution in [2.45, 2.75) is 96.2 Å². The van der Waals surface area contributed by atoms with Crippen LogP contribution in [0.3, 0.4) is 0 Å². The fraction of sp³-hybridized carbons (Fsp3) is 0.533. The van der Waals surface area contributed by atoms with Gasteiger partial charge in [0.2, 0.25) is 0 Å². The van der Waals surface area contributed by atoms with Crippen LogP contribution in [0.5, 0.6) is 5.75 Å². The van der Waals surface area contributed by atoms with E-state index in [0.717, 1.165) is 80.7 Å². The van der Waals surface area contributed by atoms with Gasteiger partial charge in [0, 0.05) is 6.42 Å². The summed E-state index contributed by atoms with van der Waals surface area (Å²) in [4.78, 5) is 25.7. The van der Waals surface area contributed by atoms with Gasteiger partial charge in [-0.2, -0.15) is 0 Å². The smallest absolute Gasteiger partial charge is 0.348 e. The first-order chi connectivity index (χ1) is 17.0. The lowest BCUT2D eigenvalue weighted by atomic mass is 9.84. The van der Waals surface area contributed by atoms with E-state index in [1.807, 2.05) is 30.3 Å². The predicted octanol–water partition coefficient (Wildman–Crippen LogP) is 7.00. The standard InChI is InChI=1S/C30H38O5/c1-4-7-8-9-10-11-21-33-24-15-16-25-23(22-24)13-12-14-26(25)28(31)34-27-17-20-30(18-5-2,19-6-3)35-29(27)32/h1,12-16,22,27H,5-11,17-21H2,2-3H3/t27-/m0/s1. The van der Waals surface area contributed by atoms with Gasteiger partial charge in [-0.15, -0.1) is 12.3 Å². The Morgan fingerprint density at radius 3 is 2.60 bits per heavy atom. The molecule has 0 bridgehead atoms. The van der Waals surface area contributed by atoms with Gasteiger partial charge in [0.05, 0.1) is 12.2 Å². The molecule has 1 heterocycles. The van der Waals surface area contributed by atoms with Crippen LogP contribution in [0.1, 0.15) is 94.8 Å². The quantitative estimate of drug-likeness (QED) is 0.176. The molecule has 0 saturated carbocycles. The van der Waals surface area contributed by atoms with Crippen molar-refractivity contribution in [3.63, 3.8) is 0 Å². The van der Waals surface area contributed by atoms with E-state index in [1.165, 1.54) is 0 Å². The van der Waals surface area contributed by atoms with Crippen molar-refractivity contribution in [1.82, 2.24) is 0 Å². The predicted molar refractivity (Wildman–Crippen MR) is 138 cm³/mol. The van der Waals surface area contributed by atoms with Crippen LogP contribution in [-0.2, 0) is 14.3 Å². The van der Waals surface area contributed by atoms with Gasteiger partial charge in [0.25, 0.3) is 0 Å². The molecule has 0 radical (unpaired) electrons. The third-order valence-corrected chi connectivity index (χ3v) is 6.66. The second-order valence-corrected chi connectivity index (χ2v) is 9.44. The molecule has 2 aromatic rings. The summed E-state index contributed by atoms with van der Waals surface area (Å²) in [5.41, 5.74) is 0.0235. The van der Waals surface area contributed by atoms with E-state index < -0.39 is 23.6 Å². The van der Waals surface area contributed by atoms with Gasteiger partial charge in [-0.05, 0) is 73.6 Å². The van der Waals surface area contributed by atoms with E-state index in [0.29, 0.717) is 18.6 Å². The first-order valence-corrected chi connectivity index (χ1v) is 13.0. The minimum absolute atomic E-state index is 0.416. The zero-order chi connectivity index (χ0) is 25.1. The van der Waals surface area contributed by atoms with Crippen molar-refractivity contribution >= 4 is 22.7 Å². The summed E-state index contributed by atoms with van der Waals surface area (Å²) in [6, 6.07) is 11.2. The summed E-state index contributed by atoms with van der Waals surface area (Å²) in [6.45, 7) is 4.83. The summed E-state index contributed by atoms with van der Waals surface area (Å²) in [5.74, 6) is 2.50. The number of ether oxygens (including phenoxy) is 3. The van der Waals surface area contributed by atoms with E-state index in [1.54, 1.807) is 6.07 Å². The highest BCUT2D eigenvalue weighted by atomic mass is 16.6. The lowest BCUT2D eigenvalue weighted by Gasteiger charge is -2.39. The number of fused-ring (bicyclic) bond motifs is 1. The van der Waals surface area contributed by atoms with Crippen LogP contribution < -0.4 is 4.74 Å². The SMILES string of the molecule is C#CCCCCCCOc1ccc2c(C(=O)O[C@H]3CCC(CCC)(CCC)OC3=O)cccc2c1. The number of hydrogen-bond acceptors (Lipinski definition) is 5. The van der Waals surface area contributed by atoms with Crippen LogP contribution in [0.4, 0.5) is 0 Å². The summed E-state index contributed by atoms with van der Waals surface area (Å²) in [6.07, 6.45) is 14.3. The van der Waals surface area contributed by atoms with Crippen LogP contribution in [0, 0.1) is 12.3 Å². The molecular weight excluding hydrogens is 440 g/mol. The molecule has 0 N–H and O–H groups in total. The van der Waals surface area contributed by atoms with Gasteiger partial charge < -0.3 is 14.2 Å². The van der Waals surface area contributed by atoms with Crippen LogP contribution in [0.15, 0.2) is 36.4 Å². The Balaban J connectivity index is 1.60. The lowest BCUT2D eigenvalue weighted by molar-refractivity contribution is -0.184. The highest BCUT2D eigenvalue weighted by Gasteiger charge is 2.42. The number of benzene rings is 2. The topological polar surface area (TPSA) is 61.8 Å². The van der Waals surface area contributed by atoms with Crippen molar-refractivity contribution < 1.29 is 23.8 Å². The molecule has 0 amide bonds. The molecule has 1 aliphatic heterocycles. The fourth-order valence-electron chi connectivity index (χ4n) is 4.93. The summed E-state index contributed by atoms with van der Waals surface area (Å²) < 4.78 is 17.4. The van der Waals surface area contributed by atoms with Gasteiger partial charge >= 0.3 is 11.9 Å². The van der Waals surface area contributed by atoms with E-state index in [4.69, 9.17) is 20.6 Å². The van der Waals surface area contributed by atoms with E-state index in [-0.39, 0.29) is 0 Å². The maximum absolute atomic E-state index is 13.0. The Kier molecular flexibility index (Phi) is 10.0. The number of rotatable bonds is 13. The van der Waals surface area contributed by atoms with Crippen molar-refractivity contribution in [2.75, 3.05) is 6.61 Å². The highest BCUT2D eigenvalue weighted by molar-refractivity contribution is 6.05. The zero-order valence-corrected chi connectivity index (χ0v) is 21.1. The molecule has 5 heteroatoms. The maximum Gasteiger partial charge on any atom is 0.348 e. The molecule has 0 aliphatic carbocycles. The molecule has 35 heavy (non-hydrogen) atoms. The second-order valence-electron chi connectivity index (χ2n) is 9.44. The number of unbranched alkanes of at least 4 members (excludes halogenated alkanes) is 4. The zero-order valence-electron chi connectivity index (χ0n) is 21.1. The molecule has 0 aromatic heterocycles. The molecule has 1 atom stereocenters. The van der Waals surface area contributed by atoms with Gasteiger partial charge in [0.15, 0.2) is 6.10 Å². The third-order valence-electron chi connectivity index (χ3n) is 6.66. The minimum Gasteiger partial charge on any atom is -0.494 e. The average Bonchev–Trinajstić information content (AvgIpc) is 2.85. The Hall–Kier alpha value is -3.00. The van der Waals surface area contributed by atoms with E-state index in [2.05, 4.69) is 19.8 Å². The van der Waals surface area contributed by atoms with Gasteiger partial charge in [-0.25, -0.2) is 9.59 Å². The Morgan fingerprint density at radius 1 is 1.11 bits per heavy atom. The van der Waals surface area contributed by atoms with Gasteiger partial charge in [-0.1, -0.05) is 51.7 Å². The van der Waals surface area contributed by atoms with Crippen molar-refractivity contribution in [3.05, 3.63) is 42.0 Å². The molecule has 1 saturated heterocycles. The number of esters is 2. The molecule has 1 aliphatic rings. The average molecular weight is 479 g/mol. The highest BCUT2D eigenvalue weighted by Crippen LogP contribution is 2.36. The van der Waals surface area contributed by atoms with Crippen molar-refractivity contribution in [1.29, 1.82) is 0 Å². The van der Waals surface area contributed by atoms with Crippen LogP contribution in [-0.4, -0.2) is 30.3 Å². The van der Waals surface area contributed by atoms with Crippen LogP contribution >= 0.6 is 0 Å². The number of hydrogen-bond donors (Lipinski definition) is 0. The van der Waals surface area contributed by atoms with Gasteiger partial charge in [-0.3, -0.25) is 0 Å². The lowest BCUT2D eigenvalue weighted by Crippen LogP contribution is -2.46. The molecule has 1 fully saturated rings. The molecule has 0 unspecified atom stereocenters. The second kappa shape index (κ2) is 13.2. The Morgan fingerprint density at radius 2 is 1.89 bits per heavy atom. The third kappa shape index (κ3) is 7.24. The number of carbonyl (C=O) groups excluding carboxylic acids is 2. The Bertz CT molecular complexity index is 1030. The minimum atomic E-state index is -0.858. The molecule has 2 aromatic carbocycles. The molecule has 3 rings (SSSR count). The Labute approximate surface area is 209 Å². The number of cyclic esters (lactones) is 1. The fourth-order valence-corrected chi connectivity index (χ4v) is 4.93. The van der Waals surface area contributed by atoms with E-state index in [9.17, 15) is 9.59 Å². The van der Waals surface area contributed by atoms with Crippen molar-refractivity contribution in [3.8, 4) is 18.1 Å². The van der Waals surface area contributed by atoms with E-state index >= 15 is 0 Å². The normalized spacial score (nSPS) is 16.9. The molecule has 5 nitrogen and oxygen atoms in total. The van der Waals surface area contributed by atoms with Gasteiger partial charge in [0.1, 0.15) is 11.4 Å². The summed E-state index contributed by atoms with van der Waals surface area (Å²) >= 11 is 0. The van der Waals surface area contributed by atoms with Crippen LogP contribution in [0.25, 0.3) is 10.8 Å². The first-order valence-electron chi connectivity index (χ1n) is 13.0. The van der Waals surface area contributed by atoms with Crippen molar-refractivity contribution in [2.24, 2.45) is 0 Å². The molecule has 0 spiro atoms. The molecular formula is C30H38O5. The summed E-state index contributed by atoms with van der Waals surface area (Å²) in [7, 11) is 0. The molecule has 188 valence electrons. The number of carbonyl (C=O) groups is 2. The van der Waals surface area contributed by atoms with Crippen LogP contribution in [0.2, 0.25) is 0 Å². The summed E-state index contributed by atoms with van der Waals surface area (Å²) in [5, 5.41) is 1.66. The number of terminal acetylenes is 1. The maximum atomic E-state index is 13.0.